The molecular weight excluding hydrogens is 462 g/mol. The highest BCUT2D eigenvalue weighted by atomic mass is 35.5. The Balaban J connectivity index is 1.77. The number of carbonyl (C=O) groups excluding carboxylic acids is 1. The molecule has 0 aliphatic rings. The number of ether oxygens (including phenoxy) is 2. The average molecular weight is 484 g/mol. The van der Waals surface area contributed by atoms with Crippen LogP contribution in [0.4, 0.5) is 0 Å². The Bertz CT molecular complexity index is 1480. The van der Waals surface area contributed by atoms with E-state index in [-0.39, 0.29) is 41.5 Å². The number of halogens is 1. The third kappa shape index (κ3) is 4.17. The van der Waals surface area contributed by atoms with Crippen molar-refractivity contribution in [3.8, 4) is 28.3 Å². The van der Waals surface area contributed by atoms with Gasteiger partial charge in [-0.05, 0) is 36.8 Å². The zero-order chi connectivity index (χ0) is 24.4. The molecule has 2 aromatic heterocycles. The SMILES string of the molecule is CCOC(=O)CCn1c(=O)[nH]c2cc(Cl)n(-c3ccc(-c4cccc(OC)c4O)cc3)c2c1=O. The number of H-pyrrole nitrogens is 1. The van der Waals surface area contributed by atoms with Crippen molar-refractivity contribution in [1.29, 1.82) is 0 Å². The molecule has 0 radical (unpaired) electrons. The number of nitrogens with zero attached hydrogens (tertiary/aromatic N) is 2. The van der Waals surface area contributed by atoms with E-state index in [9.17, 15) is 19.5 Å². The molecule has 0 aliphatic heterocycles. The molecule has 34 heavy (non-hydrogen) atoms. The van der Waals surface area contributed by atoms with Crippen molar-refractivity contribution < 1.29 is 19.4 Å². The minimum absolute atomic E-state index is 0.0178. The molecular formula is C24H22ClN3O6. The summed E-state index contributed by atoms with van der Waals surface area (Å²) in [7, 11) is 1.48. The number of rotatable bonds is 7. The third-order valence-electron chi connectivity index (χ3n) is 5.39. The monoisotopic (exact) mass is 483 g/mol. The van der Waals surface area contributed by atoms with E-state index in [1.807, 2.05) is 0 Å². The maximum Gasteiger partial charge on any atom is 0.328 e. The van der Waals surface area contributed by atoms with Gasteiger partial charge in [0.1, 0.15) is 10.7 Å². The van der Waals surface area contributed by atoms with Gasteiger partial charge in [-0.2, -0.15) is 0 Å². The first-order chi connectivity index (χ1) is 16.3. The number of methoxy groups -OCH3 is 1. The lowest BCUT2D eigenvalue weighted by molar-refractivity contribution is -0.143. The fourth-order valence-electron chi connectivity index (χ4n) is 3.79. The normalized spacial score (nSPS) is 11.0. The van der Waals surface area contributed by atoms with Crippen molar-refractivity contribution in [2.24, 2.45) is 0 Å². The first kappa shape index (κ1) is 23.2. The first-order valence-corrected chi connectivity index (χ1v) is 10.9. The van der Waals surface area contributed by atoms with Crippen molar-refractivity contribution in [1.82, 2.24) is 14.1 Å². The van der Waals surface area contributed by atoms with Crippen LogP contribution in [-0.4, -0.2) is 38.9 Å². The van der Waals surface area contributed by atoms with E-state index >= 15 is 0 Å². The smallest absolute Gasteiger partial charge is 0.328 e. The Morgan fingerprint density at radius 2 is 1.88 bits per heavy atom. The van der Waals surface area contributed by atoms with Crippen LogP contribution in [0.3, 0.4) is 0 Å². The summed E-state index contributed by atoms with van der Waals surface area (Å²) in [6.45, 7) is 1.77. The summed E-state index contributed by atoms with van der Waals surface area (Å²) in [4.78, 5) is 40.0. The number of nitrogens with one attached hydrogen (secondary N) is 1. The van der Waals surface area contributed by atoms with E-state index in [1.54, 1.807) is 49.4 Å². The van der Waals surface area contributed by atoms with E-state index in [4.69, 9.17) is 21.1 Å². The molecule has 0 bridgehead atoms. The predicted octanol–water partition coefficient (Wildman–Crippen LogP) is 3.47. The Kier molecular flexibility index (Phi) is 6.47. The molecule has 9 nitrogen and oxygen atoms in total. The molecule has 0 saturated carbocycles. The zero-order valence-corrected chi connectivity index (χ0v) is 19.3. The molecule has 10 heteroatoms. The molecule has 0 fully saturated rings. The van der Waals surface area contributed by atoms with Crippen LogP contribution in [0.1, 0.15) is 13.3 Å². The highest BCUT2D eigenvalue weighted by Crippen LogP contribution is 2.37. The topological polar surface area (TPSA) is 116 Å². The van der Waals surface area contributed by atoms with Crippen molar-refractivity contribution in [3.63, 3.8) is 0 Å². The number of phenols is 1. The minimum atomic E-state index is -0.639. The van der Waals surface area contributed by atoms with Crippen LogP contribution in [0.2, 0.25) is 5.15 Å². The van der Waals surface area contributed by atoms with Crippen molar-refractivity contribution >= 4 is 28.6 Å². The summed E-state index contributed by atoms with van der Waals surface area (Å²) in [5.41, 5.74) is 1.12. The summed E-state index contributed by atoms with van der Waals surface area (Å²) in [6, 6.07) is 13.7. The standard InChI is InChI=1S/C24H22ClN3O6/c1-3-34-20(29)11-12-27-23(31)21-17(26-24(27)32)13-19(25)28(21)15-9-7-14(8-10-15)16-5-4-6-18(33-2)22(16)30/h4-10,13,30H,3,11-12H2,1-2H3,(H,26,32). The molecule has 0 spiro atoms. The number of esters is 1. The molecule has 2 heterocycles. The molecule has 0 unspecified atom stereocenters. The van der Waals surface area contributed by atoms with Crippen molar-refractivity contribution in [3.05, 3.63) is 74.5 Å². The number of aromatic hydroxyl groups is 1. The van der Waals surface area contributed by atoms with Gasteiger partial charge in [-0.25, -0.2) is 4.79 Å². The maximum atomic E-state index is 13.2. The molecule has 176 valence electrons. The number of fused-ring (bicyclic) bond motifs is 1. The number of carbonyl (C=O) groups is 1. The van der Waals surface area contributed by atoms with E-state index in [0.717, 1.165) is 10.1 Å². The van der Waals surface area contributed by atoms with Gasteiger partial charge in [0.25, 0.3) is 5.56 Å². The van der Waals surface area contributed by atoms with Gasteiger partial charge in [0, 0.05) is 17.8 Å². The average Bonchev–Trinajstić information content (AvgIpc) is 3.15. The Hall–Kier alpha value is -3.98. The van der Waals surface area contributed by atoms with Crippen LogP contribution >= 0.6 is 11.6 Å². The first-order valence-electron chi connectivity index (χ1n) is 10.5. The van der Waals surface area contributed by atoms with E-state index in [0.29, 0.717) is 17.0 Å². The van der Waals surface area contributed by atoms with Crippen LogP contribution in [0.25, 0.3) is 27.8 Å². The minimum Gasteiger partial charge on any atom is -0.504 e. The van der Waals surface area contributed by atoms with Crippen molar-refractivity contribution in [2.75, 3.05) is 13.7 Å². The predicted molar refractivity (Wildman–Crippen MR) is 128 cm³/mol. The number of phenolic OH excluding ortho intramolecular Hbond substituents is 1. The number of aromatic nitrogens is 3. The fraction of sp³-hybridized carbons (Fsp3) is 0.208. The molecule has 0 aliphatic carbocycles. The Morgan fingerprint density at radius 3 is 2.56 bits per heavy atom. The van der Waals surface area contributed by atoms with Gasteiger partial charge >= 0.3 is 11.7 Å². The summed E-state index contributed by atoms with van der Waals surface area (Å²) >= 11 is 6.43. The molecule has 0 saturated heterocycles. The quantitative estimate of drug-likeness (QED) is 0.389. The Labute approximate surface area is 198 Å². The van der Waals surface area contributed by atoms with E-state index in [2.05, 4.69) is 4.98 Å². The lowest BCUT2D eigenvalue weighted by atomic mass is 10.0. The number of hydrogen-bond acceptors (Lipinski definition) is 6. The van der Waals surface area contributed by atoms with Crippen LogP contribution in [0.15, 0.2) is 58.1 Å². The molecule has 4 rings (SSSR count). The summed E-state index contributed by atoms with van der Waals surface area (Å²) in [5.74, 6) is -0.128. The van der Waals surface area contributed by atoms with Gasteiger partial charge in [-0.1, -0.05) is 35.9 Å². The van der Waals surface area contributed by atoms with Gasteiger partial charge in [-0.3, -0.25) is 18.7 Å². The molecule has 2 N–H and O–H groups in total. The van der Waals surface area contributed by atoms with Gasteiger partial charge < -0.3 is 19.6 Å². The van der Waals surface area contributed by atoms with Gasteiger partial charge in [0.15, 0.2) is 11.5 Å². The molecule has 4 aromatic rings. The number of para-hydroxylation sites is 1. The highest BCUT2D eigenvalue weighted by Gasteiger charge is 2.18. The van der Waals surface area contributed by atoms with Crippen LogP contribution in [0.5, 0.6) is 11.5 Å². The van der Waals surface area contributed by atoms with E-state index < -0.39 is 17.2 Å². The largest absolute Gasteiger partial charge is 0.504 e. The van der Waals surface area contributed by atoms with Crippen LogP contribution in [-0.2, 0) is 16.1 Å². The number of hydrogen-bond donors (Lipinski definition) is 2. The second-order valence-electron chi connectivity index (χ2n) is 7.41. The summed E-state index contributed by atoms with van der Waals surface area (Å²) in [6.07, 6.45) is -0.116. The lowest BCUT2D eigenvalue weighted by Gasteiger charge is -2.11. The lowest BCUT2D eigenvalue weighted by Crippen LogP contribution is -2.36. The number of aromatic amines is 1. The Morgan fingerprint density at radius 1 is 1.15 bits per heavy atom. The fourth-order valence-corrected chi connectivity index (χ4v) is 4.08. The van der Waals surface area contributed by atoms with Gasteiger partial charge in [-0.15, -0.1) is 0 Å². The summed E-state index contributed by atoms with van der Waals surface area (Å²) in [5, 5.41) is 10.7. The second-order valence-corrected chi connectivity index (χ2v) is 7.80. The molecule has 0 amide bonds. The van der Waals surface area contributed by atoms with Crippen molar-refractivity contribution in [2.45, 2.75) is 19.9 Å². The second kappa shape index (κ2) is 9.48. The van der Waals surface area contributed by atoms with E-state index in [1.165, 1.54) is 17.7 Å². The molecule has 2 aromatic carbocycles. The molecule has 0 atom stereocenters. The summed E-state index contributed by atoms with van der Waals surface area (Å²) < 4.78 is 12.5. The van der Waals surface area contributed by atoms with Gasteiger partial charge in [0.05, 0.1) is 25.7 Å². The van der Waals surface area contributed by atoms with Crippen LogP contribution in [0, 0.1) is 0 Å². The zero-order valence-electron chi connectivity index (χ0n) is 18.5. The van der Waals surface area contributed by atoms with Crippen LogP contribution < -0.4 is 16.0 Å². The maximum absolute atomic E-state index is 13.2. The van der Waals surface area contributed by atoms with Gasteiger partial charge in [0.2, 0.25) is 0 Å². The third-order valence-corrected chi connectivity index (χ3v) is 5.67. The number of benzene rings is 2. The highest BCUT2D eigenvalue weighted by molar-refractivity contribution is 6.31.